The molecule has 0 aliphatic heterocycles. The molecule has 27 heavy (non-hydrogen) atoms. The molecule has 0 spiro atoms. The summed E-state index contributed by atoms with van der Waals surface area (Å²) in [6.45, 7) is 3.79. The van der Waals surface area contributed by atoms with Crippen LogP contribution in [0.5, 0.6) is 11.5 Å². The van der Waals surface area contributed by atoms with E-state index in [1.807, 2.05) is 31.2 Å². The van der Waals surface area contributed by atoms with Gasteiger partial charge in [-0.05, 0) is 31.5 Å². The highest BCUT2D eigenvalue weighted by Gasteiger charge is 2.23. The zero-order valence-corrected chi connectivity index (χ0v) is 16.6. The second kappa shape index (κ2) is 8.88. The van der Waals surface area contributed by atoms with Crippen LogP contribution in [0.15, 0.2) is 47.4 Å². The normalized spacial score (nSPS) is 12.3. The quantitative estimate of drug-likeness (QED) is 0.717. The van der Waals surface area contributed by atoms with Crippen LogP contribution in [0.25, 0.3) is 0 Å². The van der Waals surface area contributed by atoms with Gasteiger partial charge in [0.15, 0.2) is 11.5 Å². The lowest BCUT2D eigenvalue weighted by Crippen LogP contribution is -2.44. The summed E-state index contributed by atoms with van der Waals surface area (Å²) in [5.41, 5.74) is 2.06. The fourth-order valence-corrected chi connectivity index (χ4v) is 3.60. The van der Waals surface area contributed by atoms with E-state index in [-0.39, 0.29) is 10.6 Å². The highest BCUT2D eigenvalue weighted by Crippen LogP contribution is 2.29. The second-order valence-corrected chi connectivity index (χ2v) is 7.78. The van der Waals surface area contributed by atoms with E-state index in [1.165, 1.54) is 39.3 Å². The molecule has 1 amide bonds. The van der Waals surface area contributed by atoms with Gasteiger partial charge in [0.1, 0.15) is 0 Å². The van der Waals surface area contributed by atoms with Crippen LogP contribution in [0, 0.1) is 6.92 Å². The Balaban J connectivity index is 2.03. The van der Waals surface area contributed by atoms with Crippen molar-refractivity contribution in [3.63, 3.8) is 0 Å². The van der Waals surface area contributed by atoms with Gasteiger partial charge in [-0.1, -0.05) is 29.8 Å². The number of carbonyl (C=O) groups excluding carboxylic acids is 1. The number of rotatable bonds is 8. The number of nitrogens with one attached hydrogen (secondary N) is 2. The maximum absolute atomic E-state index is 12.5. The van der Waals surface area contributed by atoms with Gasteiger partial charge in [0.2, 0.25) is 15.9 Å². The molecule has 2 rings (SSSR count). The van der Waals surface area contributed by atoms with Crippen molar-refractivity contribution in [3.05, 3.63) is 53.6 Å². The molecule has 0 fully saturated rings. The predicted octanol–water partition coefficient (Wildman–Crippen LogP) is 2.00. The van der Waals surface area contributed by atoms with Crippen molar-refractivity contribution in [1.29, 1.82) is 0 Å². The van der Waals surface area contributed by atoms with Crippen molar-refractivity contribution in [3.8, 4) is 11.5 Å². The summed E-state index contributed by atoms with van der Waals surface area (Å²) in [6.07, 6.45) is 0. The van der Waals surface area contributed by atoms with Crippen LogP contribution < -0.4 is 19.5 Å². The summed E-state index contributed by atoms with van der Waals surface area (Å²) in [5.74, 6) is 0.289. The summed E-state index contributed by atoms with van der Waals surface area (Å²) in [4.78, 5) is 12.2. The minimum Gasteiger partial charge on any atom is -0.493 e. The lowest BCUT2D eigenvalue weighted by atomic mass is 10.1. The van der Waals surface area contributed by atoms with E-state index < -0.39 is 22.0 Å². The van der Waals surface area contributed by atoms with Crippen LogP contribution in [-0.4, -0.2) is 34.6 Å². The summed E-state index contributed by atoms with van der Waals surface area (Å²) in [7, 11) is -1.01. The van der Waals surface area contributed by atoms with E-state index in [9.17, 15) is 13.2 Å². The van der Waals surface area contributed by atoms with Crippen molar-refractivity contribution in [2.45, 2.75) is 31.3 Å². The molecule has 1 atom stereocenters. The molecule has 2 aromatic rings. The van der Waals surface area contributed by atoms with Gasteiger partial charge in [0.25, 0.3) is 0 Å². The molecule has 0 radical (unpaired) electrons. The largest absolute Gasteiger partial charge is 0.493 e. The van der Waals surface area contributed by atoms with E-state index in [1.54, 1.807) is 0 Å². The number of methoxy groups -OCH3 is 2. The number of ether oxygens (including phenoxy) is 2. The Labute approximate surface area is 159 Å². The van der Waals surface area contributed by atoms with Crippen molar-refractivity contribution < 1.29 is 22.7 Å². The first-order chi connectivity index (χ1) is 12.8. The molecule has 0 aliphatic rings. The molecule has 0 bridgehead atoms. The Morgan fingerprint density at radius 1 is 1.04 bits per heavy atom. The summed E-state index contributed by atoms with van der Waals surface area (Å²) < 4.78 is 37.7. The smallest absolute Gasteiger partial charge is 0.241 e. The third-order valence-electron chi connectivity index (χ3n) is 3.98. The van der Waals surface area contributed by atoms with Gasteiger partial charge < -0.3 is 14.8 Å². The van der Waals surface area contributed by atoms with Crippen LogP contribution >= 0.6 is 0 Å². The Morgan fingerprint density at radius 2 is 1.67 bits per heavy atom. The fourth-order valence-electron chi connectivity index (χ4n) is 2.39. The Morgan fingerprint density at radius 3 is 2.26 bits per heavy atom. The first kappa shape index (κ1) is 20.7. The van der Waals surface area contributed by atoms with E-state index >= 15 is 0 Å². The second-order valence-electron chi connectivity index (χ2n) is 6.06. The molecule has 0 unspecified atom stereocenters. The molecule has 2 aromatic carbocycles. The zero-order chi connectivity index (χ0) is 20.0. The standard InChI is InChI=1S/C19H24N2O5S/c1-13-5-7-15(8-6-13)12-20-19(22)14(2)21-27(23,24)16-9-10-17(25-3)18(11-16)26-4/h5-11,14,21H,12H2,1-4H3,(H,20,22)/t14-/m1/s1. The average Bonchev–Trinajstić information content (AvgIpc) is 2.66. The van der Waals surface area contributed by atoms with Gasteiger partial charge in [0.05, 0.1) is 25.2 Å². The molecule has 0 aliphatic carbocycles. The van der Waals surface area contributed by atoms with E-state index in [4.69, 9.17) is 9.47 Å². The Kier molecular flexibility index (Phi) is 6.81. The van der Waals surface area contributed by atoms with Gasteiger partial charge in [-0.25, -0.2) is 8.42 Å². The van der Waals surface area contributed by atoms with Gasteiger partial charge >= 0.3 is 0 Å². The third-order valence-corrected chi connectivity index (χ3v) is 5.52. The van der Waals surface area contributed by atoms with E-state index in [0.29, 0.717) is 12.3 Å². The minimum absolute atomic E-state index is 0.0154. The SMILES string of the molecule is COc1ccc(S(=O)(=O)N[C@H](C)C(=O)NCc2ccc(C)cc2)cc1OC. The molecule has 7 nitrogen and oxygen atoms in total. The minimum atomic E-state index is -3.90. The van der Waals surface area contributed by atoms with Gasteiger partial charge in [0, 0.05) is 12.6 Å². The molecule has 8 heteroatoms. The summed E-state index contributed by atoms with van der Waals surface area (Å²) in [5, 5.41) is 2.72. The number of hydrogen-bond acceptors (Lipinski definition) is 5. The van der Waals surface area contributed by atoms with Crippen molar-refractivity contribution >= 4 is 15.9 Å². The van der Waals surface area contributed by atoms with E-state index in [0.717, 1.165) is 11.1 Å². The maximum Gasteiger partial charge on any atom is 0.241 e. The third kappa shape index (κ3) is 5.45. The molecule has 0 heterocycles. The van der Waals surface area contributed by atoms with Crippen LogP contribution in [0.4, 0.5) is 0 Å². The number of aryl methyl sites for hydroxylation is 1. The summed E-state index contributed by atoms with van der Waals surface area (Å²) >= 11 is 0. The van der Waals surface area contributed by atoms with Crippen molar-refractivity contribution in [1.82, 2.24) is 10.0 Å². The average molecular weight is 392 g/mol. The molecular formula is C19H24N2O5S. The zero-order valence-electron chi connectivity index (χ0n) is 15.8. The van der Waals surface area contributed by atoms with Gasteiger partial charge in [-0.3, -0.25) is 4.79 Å². The monoisotopic (exact) mass is 392 g/mol. The number of sulfonamides is 1. The highest BCUT2D eigenvalue weighted by molar-refractivity contribution is 7.89. The number of hydrogen-bond donors (Lipinski definition) is 2. The molecule has 146 valence electrons. The van der Waals surface area contributed by atoms with Crippen LogP contribution in [0.1, 0.15) is 18.1 Å². The number of carbonyl (C=O) groups is 1. The van der Waals surface area contributed by atoms with Crippen LogP contribution in [-0.2, 0) is 21.4 Å². The topological polar surface area (TPSA) is 93.7 Å². The lowest BCUT2D eigenvalue weighted by Gasteiger charge is -2.15. The van der Waals surface area contributed by atoms with Crippen LogP contribution in [0.2, 0.25) is 0 Å². The van der Waals surface area contributed by atoms with Crippen LogP contribution in [0.3, 0.4) is 0 Å². The lowest BCUT2D eigenvalue weighted by molar-refractivity contribution is -0.122. The molecule has 0 saturated carbocycles. The highest BCUT2D eigenvalue weighted by atomic mass is 32.2. The maximum atomic E-state index is 12.5. The molecule has 0 aromatic heterocycles. The van der Waals surface area contributed by atoms with Crippen molar-refractivity contribution in [2.24, 2.45) is 0 Å². The van der Waals surface area contributed by atoms with Gasteiger partial charge in [-0.15, -0.1) is 0 Å². The van der Waals surface area contributed by atoms with Gasteiger partial charge in [-0.2, -0.15) is 4.72 Å². The predicted molar refractivity (Wildman–Crippen MR) is 102 cm³/mol. The Bertz CT molecular complexity index is 895. The van der Waals surface area contributed by atoms with E-state index in [2.05, 4.69) is 10.0 Å². The fraction of sp³-hybridized carbons (Fsp3) is 0.316. The molecule has 0 saturated heterocycles. The molecular weight excluding hydrogens is 368 g/mol. The molecule has 2 N–H and O–H groups in total. The first-order valence-corrected chi connectivity index (χ1v) is 9.82. The first-order valence-electron chi connectivity index (χ1n) is 8.34. The summed E-state index contributed by atoms with van der Waals surface area (Å²) in [6, 6.07) is 11.0. The van der Waals surface area contributed by atoms with Crippen molar-refractivity contribution in [2.75, 3.05) is 14.2 Å². The number of benzene rings is 2. The number of amides is 1. The Hall–Kier alpha value is -2.58.